The third-order valence-corrected chi connectivity index (χ3v) is 23.1. The van der Waals surface area contributed by atoms with E-state index in [-0.39, 0.29) is 32.5 Å². The molecule has 692 valence electrons. The predicted octanol–water partition coefficient (Wildman–Crippen LogP) is 29.6. The standard InChI is InChI=1S/C62H62O7.C60H58O7/c1-43(2)55-25-27-56(28-26-55)63-42-54-31-57(64-40-52-23-29-59(66-36-48-15-7-44(3)8-16-48)61(33-52)68-38-50-19-11-46(5)12-20-50)35-58(32-54)65-41-53-24-30-60(67-37-49-17-9-45(4)10-18-49)62(34-53)69-39-51-21-13-47(6)14-22-51;1-42-11-19-47(20-12-42)36-63-57-29-27-51(31-59(57)65-38-49-23-15-44(3)16-24-49)40-61-55-33-53(46(5)67-54-9-7-6-8-10-54)34-56(35-55)62-41-52-28-30-58(64-37-48-21-13-43(2)14-22-48)60(32-52)66-39-50-25-17-45(4)18-26-50/h7-35,43H,36-42H2,1-6H3;6-35,46H,36-41H2,1-5H3. The fourth-order valence-corrected chi connectivity index (χ4v) is 14.7. The molecule has 0 radical (unpaired) electrons. The molecule has 0 saturated carbocycles. The number of para-hydroxylation sites is 1. The molecule has 0 bridgehead atoms. The van der Waals surface area contributed by atoms with Gasteiger partial charge in [-0.25, -0.2) is 0 Å². The van der Waals surface area contributed by atoms with Crippen LogP contribution in [0.5, 0.6) is 80.5 Å². The van der Waals surface area contributed by atoms with Crippen molar-refractivity contribution >= 4 is 0 Å². The zero-order valence-corrected chi connectivity index (χ0v) is 79.6. The van der Waals surface area contributed by atoms with Gasteiger partial charge in [-0.15, -0.1) is 0 Å². The molecule has 0 aliphatic rings. The van der Waals surface area contributed by atoms with Crippen LogP contribution < -0.4 is 66.3 Å². The molecule has 0 N–H and O–H groups in total. The highest BCUT2D eigenvalue weighted by Crippen LogP contribution is 2.39. The van der Waals surface area contributed by atoms with Crippen molar-refractivity contribution in [3.63, 3.8) is 0 Å². The summed E-state index contributed by atoms with van der Waals surface area (Å²) in [4.78, 5) is 0. The van der Waals surface area contributed by atoms with Gasteiger partial charge in [0.2, 0.25) is 0 Å². The maximum Gasteiger partial charge on any atom is 0.162 e. The summed E-state index contributed by atoms with van der Waals surface area (Å²) in [5.41, 5.74) is 25.0. The van der Waals surface area contributed by atoms with Gasteiger partial charge in [-0.2, -0.15) is 0 Å². The first-order chi connectivity index (χ1) is 66.2. The number of benzene rings is 16. The minimum atomic E-state index is -0.299. The quantitative estimate of drug-likeness (QED) is 0.0359. The van der Waals surface area contributed by atoms with Crippen molar-refractivity contribution in [2.24, 2.45) is 0 Å². The van der Waals surface area contributed by atoms with E-state index in [1.165, 1.54) is 50.1 Å². The average molecular weight is 1810 g/mol. The summed E-state index contributed by atoms with van der Waals surface area (Å²) >= 11 is 0. The van der Waals surface area contributed by atoms with E-state index < -0.39 is 0 Å². The Morgan fingerprint density at radius 1 is 0.154 bits per heavy atom. The Bertz CT molecular complexity index is 6120. The molecular weight excluding hydrogens is 1690 g/mol. The van der Waals surface area contributed by atoms with Gasteiger partial charge in [-0.05, 0) is 249 Å². The smallest absolute Gasteiger partial charge is 0.162 e. The molecule has 0 heterocycles. The van der Waals surface area contributed by atoms with E-state index in [0.717, 1.165) is 89.4 Å². The van der Waals surface area contributed by atoms with Crippen molar-refractivity contribution in [1.29, 1.82) is 0 Å². The van der Waals surface area contributed by atoms with Crippen LogP contribution in [0.15, 0.2) is 358 Å². The first-order valence-corrected chi connectivity index (χ1v) is 46.5. The van der Waals surface area contributed by atoms with Gasteiger partial charge in [-0.1, -0.05) is 307 Å². The fraction of sp³-hybridized carbons (Fsp3) is 0.213. The Balaban J connectivity index is 0.000000207. The van der Waals surface area contributed by atoms with Crippen molar-refractivity contribution in [1.82, 2.24) is 0 Å². The molecule has 1 unspecified atom stereocenters. The monoisotopic (exact) mass is 1810 g/mol. The average Bonchev–Trinajstić information content (AvgIpc) is 0.809. The van der Waals surface area contributed by atoms with Gasteiger partial charge in [0, 0.05) is 12.1 Å². The first-order valence-electron chi connectivity index (χ1n) is 46.5. The number of hydrogen-bond donors (Lipinski definition) is 0. The maximum absolute atomic E-state index is 6.55. The molecule has 0 aromatic heterocycles. The highest BCUT2D eigenvalue weighted by Gasteiger charge is 2.20. The predicted molar refractivity (Wildman–Crippen MR) is 540 cm³/mol. The van der Waals surface area contributed by atoms with Gasteiger partial charge in [0.15, 0.2) is 46.0 Å². The Morgan fingerprint density at radius 2 is 0.368 bits per heavy atom. The fourth-order valence-electron chi connectivity index (χ4n) is 14.7. The molecule has 1 atom stereocenters. The van der Waals surface area contributed by atoms with E-state index in [4.69, 9.17) is 66.3 Å². The van der Waals surface area contributed by atoms with E-state index in [9.17, 15) is 0 Å². The van der Waals surface area contributed by atoms with Crippen molar-refractivity contribution in [2.75, 3.05) is 0 Å². The van der Waals surface area contributed by atoms with Gasteiger partial charge in [0.05, 0.1) is 0 Å². The number of hydrogen-bond acceptors (Lipinski definition) is 14. The number of aryl methyl sites for hydroxylation is 8. The summed E-state index contributed by atoms with van der Waals surface area (Å²) in [5.74, 6) is 9.79. The molecule has 14 nitrogen and oxygen atoms in total. The molecule has 0 saturated heterocycles. The van der Waals surface area contributed by atoms with Gasteiger partial charge in [0.1, 0.15) is 126 Å². The molecule has 0 amide bonds. The summed E-state index contributed by atoms with van der Waals surface area (Å²) in [6, 6.07) is 121. The lowest BCUT2D eigenvalue weighted by atomic mass is 10.0. The van der Waals surface area contributed by atoms with Gasteiger partial charge in [0.25, 0.3) is 0 Å². The van der Waals surface area contributed by atoms with Crippen LogP contribution in [0, 0.1) is 55.4 Å². The van der Waals surface area contributed by atoms with Crippen LogP contribution in [0.1, 0.15) is 161 Å². The zero-order chi connectivity index (χ0) is 94.3. The second kappa shape index (κ2) is 47.9. The minimum Gasteiger partial charge on any atom is -0.489 e. The normalized spacial score (nSPS) is 11.2. The van der Waals surface area contributed by atoms with Gasteiger partial charge < -0.3 is 66.3 Å². The Labute approximate surface area is 801 Å². The van der Waals surface area contributed by atoms with Crippen LogP contribution in [0.3, 0.4) is 0 Å². The Morgan fingerprint density at radius 3 is 0.618 bits per heavy atom. The summed E-state index contributed by atoms with van der Waals surface area (Å²) in [6.45, 7) is 27.8. The van der Waals surface area contributed by atoms with Crippen LogP contribution in [0.4, 0.5) is 0 Å². The Kier molecular flexibility index (Phi) is 33.6. The molecule has 136 heavy (non-hydrogen) atoms. The molecule has 16 aromatic rings. The van der Waals surface area contributed by atoms with Gasteiger partial charge >= 0.3 is 0 Å². The second-order valence-corrected chi connectivity index (χ2v) is 35.1. The zero-order valence-electron chi connectivity index (χ0n) is 79.6. The number of ether oxygens (including phenoxy) is 14. The molecular formula is C122H120O14. The largest absolute Gasteiger partial charge is 0.489 e. The van der Waals surface area contributed by atoms with Gasteiger partial charge in [-0.3, -0.25) is 0 Å². The lowest BCUT2D eigenvalue weighted by molar-refractivity contribution is 0.223. The van der Waals surface area contributed by atoms with Crippen molar-refractivity contribution < 1.29 is 66.3 Å². The summed E-state index contributed by atoms with van der Waals surface area (Å²) in [6.07, 6.45) is -0.299. The lowest BCUT2D eigenvalue weighted by Gasteiger charge is -2.19. The minimum absolute atomic E-state index is 0.279. The van der Waals surface area contributed by atoms with Crippen LogP contribution in [-0.4, -0.2) is 0 Å². The molecule has 16 aromatic carbocycles. The Hall–Kier alpha value is -15.3. The SMILES string of the molecule is Cc1ccc(COc2ccc(COc3cc(COc4ccc(C(C)C)cc4)cc(OCc4ccc(OCc5ccc(C)cc5)c(OCc5ccc(C)cc5)c4)c3)cc2OCc2ccc(C)cc2)cc1.Cc1ccc(COc2ccc(COc3cc(OCc4ccc(OCc5ccc(C)cc5)c(OCc5ccc(C)cc5)c4)cc(C(C)Oc4ccccc4)c3)cc2OCc2ccc(C)cc2)cc1. The first kappa shape index (κ1) is 95.3. The molecule has 0 fully saturated rings. The molecule has 0 aliphatic heterocycles. The van der Waals surface area contributed by atoms with Crippen LogP contribution in [0.2, 0.25) is 0 Å². The molecule has 0 spiro atoms. The highest BCUT2D eigenvalue weighted by molar-refractivity contribution is 5.50. The summed E-state index contributed by atoms with van der Waals surface area (Å²) in [7, 11) is 0. The van der Waals surface area contributed by atoms with Crippen LogP contribution in [0.25, 0.3) is 0 Å². The topological polar surface area (TPSA) is 129 Å². The van der Waals surface area contributed by atoms with Crippen molar-refractivity contribution in [2.45, 2.75) is 174 Å². The third-order valence-electron chi connectivity index (χ3n) is 23.1. The molecule has 14 heteroatoms. The van der Waals surface area contributed by atoms with Crippen molar-refractivity contribution in [3.8, 4) is 80.5 Å². The van der Waals surface area contributed by atoms with E-state index in [1.807, 2.05) is 159 Å². The lowest BCUT2D eigenvalue weighted by Crippen LogP contribution is -2.06. The van der Waals surface area contributed by atoms with Crippen LogP contribution >= 0.6 is 0 Å². The molecule has 0 aliphatic carbocycles. The summed E-state index contributed by atoms with van der Waals surface area (Å²) < 4.78 is 90.0. The van der Waals surface area contributed by atoms with E-state index >= 15 is 0 Å². The second-order valence-electron chi connectivity index (χ2n) is 35.1. The van der Waals surface area contributed by atoms with Crippen LogP contribution in [-0.2, 0) is 85.9 Å². The van der Waals surface area contributed by atoms with Crippen molar-refractivity contribution in [3.05, 3.63) is 486 Å². The third kappa shape index (κ3) is 29.6. The molecule has 16 rings (SSSR count). The van der Waals surface area contributed by atoms with E-state index in [0.29, 0.717) is 134 Å². The van der Waals surface area contributed by atoms with E-state index in [1.54, 1.807) is 0 Å². The summed E-state index contributed by atoms with van der Waals surface area (Å²) in [5, 5.41) is 0. The van der Waals surface area contributed by atoms with E-state index in [2.05, 4.69) is 275 Å². The number of rotatable bonds is 43. The maximum atomic E-state index is 6.55. The highest BCUT2D eigenvalue weighted by atomic mass is 16.5.